The fraction of sp³-hybridized carbons (Fsp3) is 0.188. The van der Waals surface area contributed by atoms with Crippen LogP contribution in [0.2, 0.25) is 5.02 Å². The van der Waals surface area contributed by atoms with Gasteiger partial charge in [0.25, 0.3) is 0 Å². The molecule has 0 aliphatic heterocycles. The number of aromatic nitrogens is 2. The molecule has 3 aromatic rings. The van der Waals surface area contributed by atoms with Gasteiger partial charge in [-0.05, 0) is 35.9 Å². The largest absolute Gasteiger partial charge is 0.416 e. The van der Waals surface area contributed by atoms with E-state index in [2.05, 4.69) is 15.3 Å². The zero-order chi connectivity index (χ0) is 16.4. The molecule has 0 aliphatic carbocycles. The summed E-state index contributed by atoms with van der Waals surface area (Å²) in [6.45, 7) is 0.934. The van der Waals surface area contributed by atoms with Crippen molar-refractivity contribution in [3.8, 4) is 0 Å². The summed E-state index contributed by atoms with van der Waals surface area (Å²) >= 11 is 5.91. The quantitative estimate of drug-likeness (QED) is 0.733. The monoisotopic (exact) mass is 339 g/mol. The molecule has 7 heteroatoms. The number of hydrogen-bond donors (Lipinski definition) is 2. The first-order valence-corrected chi connectivity index (χ1v) is 7.30. The fourth-order valence-corrected chi connectivity index (χ4v) is 2.43. The molecule has 0 spiro atoms. The minimum absolute atomic E-state index is 0.454. The van der Waals surface area contributed by atoms with Crippen LogP contribution in [0.15, 0.2) is 42.5 Å². The first-order chi connectivity index (χ1) is 10.9. The van der Waals surface area contributed by atoms with Crippen LogP contribution in [-0.4, -0.2) is 9.97 Å². The Morgan fingerprint density at radius 1 is 1.04 bits per heavy atom. The van der Waals surface area contributed by atoms with E-state index in [1.807, 2.05) is 6.07 Å². The molecule has 0 aliphatic rings. The Morgan fingerprint density at radius 3 is 2.48 bits per heavy atom. The summed E-state index contributed by atoms with van der Waals surface area (Å²) in [4.78, 5) is 7.55. The number of fused-ring (bicyclic) bond motifs is 1. The third kappa shape index (κ3) is 3.83. The number of nitrogens with one attached hydrogen (secondary N) is 2. The van der Waals surface area contributed by atoms with Gasteiger partial charge in [-0.1, -0.05) is 23.7 Å². The minimum atomic E-state index is -4.30. The SMILES string of the molecule is FC(F)(F)c1ccc(CNCc2nc3ccc(Cl)cc3[nH]2)cc1. The van der Waals surface area contributed by atoms with Gasteiger partial charge < -0.3 is 10.3 Å². The normalized spacial score (nSPS) is 12.0. The predicted molar refractivity (Wildman–Crippen MR) is 83.1 cm³/mol. The number of nitrogens with zero attached hydrogens (tertiary/aromatic N) is 1. The summed E-state index contributed by atoms with van der Waals surface area (Å²) in [7, 11) is 0. The van der Waals surface area contributed by atoms with Gasteiger partial charge in [-0.25, -0.2) is 4.98 Å². The number of H-pyrrole nitrogens is 1. The number of rotatable bonds is 4. The highest BCUT2D eigenvalue weighted by atomic mass is 35.5. The highest BCUT2D eigenvalue weighted by Gasteiger charge is 2.29. The van der Waals surface area contributed by atoms with Crippen molar-refractivity contribution >= 4 is 22.6 Å². The maximum Gasteiger partial charge on any atom is 0.416 e. The Morgan fingerprint density at radius 2 is 1.78 bits per heavy atom. The van der Waals surface area contributed by atoms with Crippen LogP contribution in [0.3, 0.4) is 0 Å². The van der Waals surface area contributed by atoms with Crippen molar-refractivity contribution in [2.75, 3.05) is 0 Å². The van der Waals surface area contributed by atoms with Gasteiger partial charge >= 0.3 is 6.18 Å². The molecule has 3 nitrogen and oxygen atoms in total. The van der Waals surface area contributed by atoms with Gasteiger partial charge in [0.2, 0.25) is 0 Å². The van der Waals surface area contributed by atoms with E-state index in [1.165, 1.54) is 12.1 Å². The van der Waals surface area contributed by atoms with Gasteiger partial charge in [0, 0.05) is 11.6 Å². The average molecular weight is 340 g/mol. The lowest BCUT2D eigenvalue weighted by Crippen LogP contribution is -2.14. The molecule has 1 aromatic heterocycles. The van der Waals surface area contributed by atoms with E-state index in [0.717, 1.165) is 34.6 Å². The molecule has 0 atom stereocenters. The second-order valence-corrected chi connectivity index (χ2v) is 5.58. The van der Waals surface area contributed by atoms with Crippen molar-refractivity contribution in [2.45, 2.75) is 19.3 Å². The minimum Gasteiger partial charge on any atom is -0.341 e. The summed E-state index contributed by atoms with van der Waals surface area (Å²) in [5.74, 6) is 0.745. The average Bonchev–Trinajstić information content (AvgIpc) is 2.88. The van der Waals surface area contributed by atoms with Crippen LogP contribution in [0.5, 0.6) is 0 Å². The van der Waals surface area contributed by atoms with Crippen molar-refractivity contribution < 1.29 is 13.2 Å². The summed E-state index contributed by atoms with van der Waals surface area (Å²) in [6.07, 6.45) is -4.30. The van der Waals surface area contributed by atoms with Crippen molar-refractivity contribution in [3.05, 3.63) is 64.4 Å². The molecule has 0 radical (unpaired) electrons. The molecule has 3 rings (SSSR count). The summed E-state index contributed by atoms with van der Waals surface area (Å²) in [5.41, 5.74) is 1.80. The molecular weight excluding hydrogens is 327 g/mol. The molecule has 0 fully saturated rings. The zero-order valence-electron chi connectivity index (χ0n) is 11.9. The number of halogens is 4. The van der Waals surface area contributed by atoms with Crippen LogP contribution < -0.4 is 5.32 Å². The summed E-state index contributed by atoms with van der Waals surface area (Å²) in [6, 6.07) is 10.5. The number of benzene rings is 2. The topological polar surface area (TPSA) is 40.7 Å². The second-order valence-electron chi connectivity index (χ2n) is 5.14. The smallest absolute Gasteiger partial charge is 0.341 e. The summed E-state index contributed by atoms with van der Waals surface area (Å²) in [5, 5.41) is 3.77. The van der Waals surface area contributed by atoms with Gasteiger partial charge in [-0.2, -0.15) is 13.2 Å². The molecule has 2 N–H and O–H groups in total. The Kier molecular flexibility index (Phi) is 4.28. The molecule has 1 heterocycles. The van der Waals surface area contributed by atoms with Gasteiger partial charge in [0.1, 0.15) is 5.82 Å². The Hall–Kier alpha value is -2.05. The summed E-state index contributed by atoms with van der Waals surface area (Å²) < 4.78 is 37.5. The predicted octanol–water partition coefficient (Wildman–Crippen LogP) is 4.52. The number of aromatic amines is 1. The van der Waals surface area contributed by atoms with Crippen LogP contribution in [0.25, 0.3) is 11.0 Å². The number of hydrogen-bond acceptors (Lipinski definition) is 2. The van der Waals surface area contributed by atoms with Crippen LogP contribution in [0.4, 0.5) is 13.2 Å². The van der Waals surface area contributed by atoms with Gasteiger partial charge in [-0.3, -0.25) is 0 Å². The van der Waals surface area contributed by atoms with E-state index < -0.39 is 11.7 Å². The van der Waals surface area contributed by atoms with Gasteiger partial charge in [0.05, 0.1) is 23.1 Å². The molecule has 120 valence electrons. The van der Waals surface area contributed by atoms with Crippen LogP contribution >= 0.6 is 11.6 Å². The van der Waals surface area contributed by atoms with Gasteiger partial charge in [0.15, 0.2) is 0 Å². The maximum atomic E-state index is 12.5. The highest BCUT2D eigenvalue weighted by molar-refractivity contribution is 6.31. The van der Waals surface area contributed by atoms with E-state index in [-0.39, 0.29) is 0 Å². The van der Waals surface area contributed by atoms with Crippen molar-refractivity contribution in [3.63, 3.8) is 0 Å². The molecular formula is C16H13ClF3N3. The molecule has 2 aromatic carbocycles. The Bertz CT molecular complexity index is 810. The lowest BCUT2D eigenvalue weighted by Gasteiger charge is -2.08. The van der Waals surface area contributed by atoms with Crippen LogP contribution in [0.1, 0.15) is 17.0 Å². The standard InChI is InChI=1S/C16H13ClF3N3/c17-12-5-6-13-14(7-12)23-15(22-13)9-21-8-10-1-3-11(4-2-10)16(18,19)20/h1-7,21H,8-9H2,(H,22,23). The van der Waals surface area contributed by atoms with Crippen molar-refractivity contribution in [2.24, 2.45) is 0 Å². The molecule has 0 amide bonds. The number of alkyl halides is 3. The third-order valence-electron chi connectivity index (χ3n) is 3.40. The van der Waals surface area contributed by atoms with E-state index in [1.54, 1.807) is 12.1 Å². The highest BCUT2D eigenvalue weighted by Crippen LogP contribution is 2.29. The third-order valence-corrected chi connectivity index (χ3v) is 3.63. The lowest BCUT2D eigenvalue weighted by atomic mass is 10.1. The first kappa shape index (κ1) is 15.8. The molecule has 0 saturated carbocycles. The zero-order valence-corrected chi connectivity index (χ0v) is 12.7. The fourth-order valence-electron chi connectivity index (χ4n) is 2.26. The lowest BCUT2D eigenvalue weighted by molar-refractivity contribution is -0.137. The van der Waals surface area contributed by atoms with Crippen LogP contribution in [-0.2, 0) is 19.3 Å². The van der Waals surface area contributed by atoms with E-state index in [4.69, 9.17) is 11.6 Å². The first-order valence-electron chi connectivity index (χ1n) is 6.93. The maximum absolute atomic E-state index is 12.5. The molecule has 23 heavy (non-hydrogen) atoms. The van der Waals surface area contributed by atoms with E-state index in [9.17, 15) is 13.2 Å². The van der Waals surface area contributed by atoms with E-state index in [0.29, 0.717) is 18.1 Å². The Balaban J connectivity index is 1.60. The molecule has 0 bridgehead atoms. The number of imidazole rings is 1. The molecule has 0 saturated heterocycles. The van der Waals surface area contributed by atoms with Crippen molar-refractivity contribution in [1.29, 1.82) is 0 Å². The van der Waals surface area contributed by atoms with Crippen molar-refractivity contribution in [1.82, 2.24) is 15.3 Å². The van der Waals surface area contributed by atoms with E-state index >= 15 is 0 Å². The van der Waals surface area contributed by atoms with Gasteiger partial charge in [-0.15, -0.1) is 0 Å². The molecule has 0 unspecified atom stereocenters. The second kappa shape index (κ2) is 6.22. The Labute approximate surface area is 135 Å². The van der Waals surface area contributed by atoms with Crippen LogP contribution in [0, 0.1) is 0 Å².